The molecule has 9 heteroatoms. The molecule has 1 saturated heterocycles. The van der Waals surface area contributed by atoms with Gasteiger partial charge in [0.15, 0.2) is 0 Å². The van der Waals surface area contributed by atoms with Crippen LogP contribution < -0.4 is 0 Å². The number of rotatable bonds is 5. The summed E-state index contributed by atoms with van der Waals surface area (Å²) in [5.74, 6) is -2.14. The minimum absolute atomic E-state index is 0.0117. The maximum Gasteiger partial charge on any atom is 0.295 e. The summed E-state index contributed by atoms with van der Waals surface area (Å²) in [6.07, 6.45) is 0. The van der Waals surface area contributed by atoms with Gasteiger partial charge in [0, 0.05) is 22.6 Å². The second kappa shape index (κ2) is 8.04. The van der Waals surface area contributed by atoms with Gasteiger partial charge in [-0.3, -0.25) is 19.7 Å². The number of amides is 1. The number of carbonyl (C=O) groups excluding carboxylic acids is 2. The molecule has 0 saturated carbocycles. The second-order valence-electron chi connectivity index (χ2n) is 6.91. The van der Waals surface area contributed by atoms with Crippen LogP contribution in [0.5, 0.6) is 5.75 Å². The van der Waals surface area contributed by atoms with Crippen molar-refractivity contribution in [3.63, 3.8) is 0 Å². The second-order valence-corrected chi connectivity index (χ2v) is 7.94. The molecule has 2 aromatic carbocycles. The molecule has 4 rings (SSSR count). The quantitative estimate of drug-likeness (QED) is 0.205. The van der Waals surface area contributed by atoms with Gasteiger partial charge in [-0.2, -0.15) is 0 Å². The number of hydrogen-bond donors (Lipinski definition) is 2. The van der Waals surface area contributed by atoms with Gasteiger partial charge in [-0.05, 0) is 29.1 Å². The number of benzene rings is 2. The zero-order valence-electron chi connectivity index (χ0n) is 16.0. The van der Waals surface area contributed by atoms with E-state index in [-0.39, 0.29) is 29.1 Å². The zero-order valence-corrected chi connectivity index (χ0v) is 16.8. The Morgan fingerprint density at radius 2 is 1.84 bits per heavy atom. The Labute approximate surface area is 180 Å². The summed E-state index contributed by atoms with van der Waals surface area (Å²) in [5.41, 5.74) is 0.165. The minimum Gasteiger partial charge on any atom is -0.508 e. The van der Waals surface area contributed by atoms with E-state index < -0.39 is 28.4 Å². The van der Waals surface area contributed by atoms with Crippen molar-refractivity contribution in [3.05, 3.63) is 97.7 Å². The number of thiophene rings is 1. The van der Waals surface area contributed by atoms with Gasteiger partial charge in [0.05, 0.1) is 23.1 Å². The van der Waals surface area contributed by atoms with E-state index in [0.717, 1.165) is 10.9 Å². The Morgan fingerprint density at radius 1 is 1.10 bits per heavy atom. The predicted molar refractivity (Wildman–Crippen MR) is 113 cm³/mol. The first-order chi connectivity index (χ1) is 14.9. The van der Waals surface area contributed by atoms with Gasteiger partial charge in [-0.15, -0.1) is 11.3 Å². The number of hydrogen-bond acceptors (Lipinski definition) is 7. The third-order valence-corrected chi connectivity index (χ3v) is 5.85. The van der Waals surface area contributed by atoms with E-state index in [9.17, 15) is 29.9 Å². The Morgan fingerprint density at radius 3 is 2.48 bits per heavy atom. The van der Waals surface area contributed by atoms with Crippen molar-refractivity contribution in [2.24, 2.45) is 0 Å². The van der Waals surface area contributed by atoms with Crippen molar-refractivity contribution in [2.75, 3.05) is 0 Å². The van der Waals surface area contributed by atoms with E-state index in [4.69, 9.17) is 0 Å². The molecule has 31 heavy (non-hydrogen) atoms. The van der Waals surface area contributed by atoms with Crippen LogP contribution in [0, 0.1) is 10.1 Å². The molecule has 1 atom stereocenters. The first kappa shape index (κ1) is 20.3. The fourth-order valence-electron chi connectivity index (χ4n) is 3.54. The summed E-state index contributed by atoms with van der Waals surface area (Å²) in [7, 11) is 0. The molecule has 0 aliphatic carbocycles. The zero-order chi connectivity index (χ0) is 22.1. The molecule has 0 spiro atoms. The Balaban J connectivity index is 1.87. The first-order valence-corrected chi connectivity index (χ1v) is 10.1. The number of aliphatic hydroxyl groups excluding tert-OH is 1. The SMILES string of the molecule is O=C1C(=O)N(Cc2cccs2)C(c2ccc(O)cc2)/C1=C(/O)c1cccc([N+](=O)[O-])c1. The monoisotopic (exact) mass is 436 g/mol. The number of ketones is 1. The van der Waals surface area contributed by atoms with Gasteiger partial charge in [-0.1, -0.05) is 30.3 Å². The summed E-state index contributed by atoms with van der Waals surface area (Å²) in [6.45, 7) is 0.152. The highest BCUT2D eigenvalue weighted by molar-refractivity contribution is 7.09. The van der Waals surface area contributed by atoms with Crippen LogP contribution in [0.1, 0.15) is 22.0 Å². The predicted octanol–water partition coefficient (Wildman–Crippen LogP) is 3.98. The number of nitro benzene ring substituents is 1. The van der Waals surface area contributed by atoms with Crippen LogP contribution in [0.3, 0.4) is 0 Å². The number of likely N-dealkylation sites (tertiary alicyclic amines) is 1. The van der Waals surface area contributed by atoms with Crippen LogP contribution in [0.25, 0.3) is 5.76 Å². The van der Waals surface area contributed by atoms with Gasteiger partial charge in [0.1, 0.15) is 11.5 Å². The highest BCUT2D eigenvalue weighted by atomic mass is 32.1. The Bertz CT molecular complexity index is 1200. The van der Waals surface area contributed by atoms with Gasteiger partial charge < -0.3 is 15.1 Å². The van der Waals surface area contributed by atoms with E-state index >= 15 is 0 Å². The highest BCUT2D eigenvalue weighted by Crippen LogP contribution is 2.41. The average Bonchev–Trinajstić information content (AvgIpc) is 3.36. The molecule has 1 aromatic heterocycles. The lowest BCUT2D eigenvalue weighted by atomic mass is 9.95. The van der Waals surface area contributed by atoms with Gasteiger partial charge in [-0.25, -0.2) is 0 Å². The fourth-order valence-corrected chi connectivity index (χ4v) is 4.24. The molecule has 3 aromatic rings. The largest absolute Gasteiger partial charge is 0.508 e. The summed E-state index contributed by atoms with van der Waals surface area (Å²) < 4.78 is 0. The molecular weight excluding hydrogens is 420 g/mol. The average molecular weight is 436 g/mol. The van der Waals surface area contributed by atoms with E-state index in [1.807, 2.05) is 17.5 Å². The van der Waals surface area contributed by atoms with E-state index in [1.54, 1.807) is 12.1 Å². The highest BCUT2D eigenvalue weighted by Gasteiger charge is 2.46. The number of nitro groups is 1. The summed E-state index contributed by atoms with van der Waals surface area (Å²) in [6, 6.07) is 14.0. The molecule has 1 aliphatic rings. The smallest absolute Gasteiger partial charge is 0.295 e. The van der Waals surface area contributed by atoms with Gasteiger partial charge in [0.2, 0.25) is 0 Å². The lowest BCUT2D eigenvalue weighted by Gasteiger charge is -2.25. The third kappa shape index (κ3) is 3.78. The number of phenolic OH excluding ortho intramolecular Hbond substituents is 1. The fraction of sp³-hybridized carbons (Fsp3) is 0.0909. The number of carbonyl (C=O) groups is 2. The van der Waals surface area contributed by atoms with Crippen LogP contribution in [0.15, 0.2) is 71.6 Å². The van der Waals surface area contributed by atoms with E-state index in [0.29, 0.717) is 5.56 Å². The standard InChI is InChI=1S/C22H16N2O6S/c25-16-8-6-13(7-9-16)19-18(20(26)14-3-1-4-15(11-14)24(29)30)21(27)22(28)23(19)12-17-5-2-10-31-17/h1-11,19,25-26H,12H2/b20-18-. The van der Waals surface area contributed by atoms with Crippen molar-refractivity contribution in [1.82, 2.24) is 4.90 Å². The van der Waals surface area contributed by atoms with Gasteiger partial charge in [0.25, 0.3) is 17.4 Å². The molecular formula is C22H16N2O6S. The van der Waals surface area contributed by atoms with Crippen LogP contribution in [-0.4, -0.2) is 31.7 Å². The number of nitrogens with zero attached hydrogens (tertiary/aromatic N) is 2. The van der Waals surface area contributed by atoms with Crippen LogP contribution >= 0.6 is 11.3 Å². The third-order valence-electron chi connectivity index (χ3n) is 4.99. The number of aliphatic hydroxyl groups is 1. The molecule has 1 amide bonds. The topological polar surface area (TPSA) is 121 Å². The normalized spacial score (nSPS) is 17.8. The molecule has 1 fully saturated rings. The minimum atomic E-state index is -0.915. The molecule has 2 N–H and O–H groups in total. The van der Waals surface area contributed by atoms with Crippen LogP contribution in [0.4, 0.5) is 5.69 Å². The van der Waals surface area contributed by atoms with Crippen molar-refractivity contribution >= 4 is 34.5 Å². The van der Waals surface area contributed by atoms with E-state index in [1.165, 1.54) is 46.6 Å². The molecule has 0 bridgehead atoms. The Hall–Kier alpha value is -3.98. The first-order valence-electron chi connectivity index (χ1n) is 9.21. The maximum absolute atomic E-state index is 12.9. The molecule has 2 heterocycles. The molecule has 1 aliphatic heterocycles. The van der Waals surface area contributed by atoms with Crippen LogP contribution in [-0.2, 0) is 16.1 Å². The number of non-ortho nitro benzene ring substituents is 1. The van der Waals surface area contributed by atoms with Crippen molar-refractivity contribution in [1.29, 1.82) is 0 Å². The number of Topliss-reactive ketones (excluding diaryl/α,β-unsaturated/α-hetero) is 1. The number of phenols is 1. The summed E-state index contributed by atoms with van der Waals surface area (Å²) in [5, 5.41) is 33.6. The molecule has 8 nitrogen and oxygen atoms in total. The Kier molecular flexibility index (Phi) is 5.26. The van der Waals surface area contributed by atoms with Crippen molar-refractivity contribution < 1.29 is 24.7 Å². The molecule has 156 valence electrons. The lowest BCUT2D eigenvalue weighted by molar-refractivity contribution is -0.384. The van der Waals surface area contributed by atoms with Crippen molar-refractivity contribution in [3.8, 4) is 5.75 Å². The molecule has 0 radical (unpaired) electrons. The maximum atomic E-state index is 12.9. The summed E-state index contributed by atoms with van der Waals surface area (Å²) in [4.78, 5) is 38.5. The van der Waals surface area contributed by atoms with Gasteiger partial charge >= 0.3 is 0 Å². The van der Waals surface area contributed by atoms with Crippen LogP contribution in [0.2, 0.25) is 0 Å². The van der Waals surface area contributed by atoms with Crippen molar-refractivity contribution in [2.45, 2.75) is 12.6 Å². The molecule has 1 unspecified atom stereocenters. The lowest BCUT2D eigenvalue weighted by Crippen LogP contribution is -2.28. The number of aromatic hydroxyl groups is 1. The van der Waals surface area contributed by atoms with E-state index in [2.05, 4.69) is 0 Å². The summed E-state index contributed by atoms with van der Waals surface area (Å²) >= 11 is 1.43.